The van der Waals surface area contributed by atoms with Crippen LogP contribution in [0.3, 0.4) is 0 Å². The van der Waals surface area contributed by atoms with E-state index < -0.39 is 0 Å². The molecule has 2 heterocycles. The Morgan fingerprint density at radius 1 is 1.00 bits per heavy atom. The number of nitrogens with zero attached hydrogens (tertiary/aromatic N) is 3. The minimum Gasteiger partial charge on any atom is -0.473 e. The van der Waals surface area contributed by atoms with E-state index in [0.29, 0.717) is 22.2 Å². The summed E-state index contributed by atoms with van der Waals surface area (Å²) in [7, 11) is 0. The minimum absolute atomic E-state index is 0.217. The predicted octanol–water partition coefficient (Wildman–Crippen LogP) is 5.61. The Kier molecular flexibility index (Phi) is 5.92. The summed E-state index contributed by atoms with van der Waals surface area (Å²) in [5.74, 6) is 2.61. The standard InChI is InChI=1S/C24H29ClFN3O/c25-22-7-6-19(26)12-21(22)23-8-9-24(28-27-23)30-20-10-17-14-29(15-18(17)11-20)13-16-4-2-1-3-5-16/h6-9,12,16-18,20H,1-5,10-11,13-15H2/t17-,18+,20+. The second kappa shape index (κ2) is 8.80. The molecule has 1 aliphatic heterocycles. The molecule has 2 saturated carbocycles. The molecule has 0 spiro atoms. The molecule has 0 unspecified atom stereocenters. The smallest absolute Gasteiger partial charge is 0.233 e. The Morgan fingerprint density at radius 2 is 1.77 bits per heavy atom. The van der Waals surface area contributed by atoms with Crippen LogP contribution in [0.2, 0.25) is 5.02 Å². The Balaban J connectivity index is 1.14. The van der Waals surface area contributed by atoms with Gasteiger partial charge in [0.25, 0.3) is 0 Å². The minimum atomic E-state index is -0.341. The summed E-state index contributed by atoms with van der Waals surface area (Å²) in [5, 5.41) is 8.88. The van der Waals surface area contributed by atoms with Crippen LogP contribution >= 0.6 is 11.6 Å². The van der Waals surface area contributed by atoms with E-state index >= 15 is 0 Å². The normalized spacial score (nSPS) is 27.3. The van der Waals surface area contributed by atoms with E-state index in [2.05, 4.69) is 15.1 Å². The summed E-state index contributed by atoms with van der Waals surface area (Å²) < 4.78 is 19.7. The van der Waals surface area contributed by atoms with E-state index in [1.54, 1.807) is 6.07 Å². The summed E-state index contributed by atoms with van der Waals surface area (Å²) in [6, 6.07) is 7.86. The van der Waals surface area contributed by atoms with Crippen LogP contribution in [0.25, 0.3) is 11.3 Å². The molecule has 0 bridgehead atoms. The fourth-order valence-electron chi connectivity index (χ4n) is 5.71. The van der Waals surface area contributed by atoms with Crippen molar-refractivity contribution in [1.82, 2.24) is 15.1 Å². The lowest BCUT2D eigenvalue weighted by molar-refractivity contribution is 0.167. The van der Waals surface area contributed by atoms with Gasteiger partial charge < -0.3 is 9.64 Å². The van der Waals surface area contributed by atoms with Gasteiger partial charge in [0.2, 0.25) is 5.88 Å². The first kappa shape index (κ1) is 20.2. The number of rotatable bonds is 5. The Morgan fingerprint density at radius 3 is 2.47 bits per heavy atom. The molecule has 30 heavy (non-hydrogen) atoms. The number of fused-ring (bicyclic) bond motifs is 1. The average molecular weight is 430 g/mol. The molecule has 1 aromatic carbocycles. The molecule has 3 aliphatic rings. The van der Waals surface area contributed by atoms with Crippen LogP contribution in [0.5, 0.6) is 5.88 Å². The predicted molar refractivity (Wildman–Crippen MR) is 116 cm³/mol. The van der Waals surface area contributed by atoms with E-state index in [1.807, 2.05) is 6.07 Å². The molecule has 1 aromatic heterocycles. The third kappa shape index (κ3) is 4.47. The van der Waals surface area contributed by atoms with Gasteiger partial charge in [-0.15, -0.1) is 10.2 Å². The topological polar surface area (TPSA) is 38.2 Å². The van der Waals surface area contributed by atoms with Crippen LogP contribution in [-0.4, -0.2) is 40.8 Å². The van der Waals surface area contributed by atoms with Crippen molar-refractivity contribution < 1.29 is 9.13 Å². The van der Waals surface area contributed by atoms with E-state index in [4.69, 9.17) is 16.3 Å². The van der Waals surface area contributed by atoms with Gasteiger partial charge in [0.05, 0.1) is 10.7 Å². The van der Waals surface area contributed by atoms with E-state index in [0.717, 1.165) is 30.6 Å². The fraction of sp³-hybridized carbons (Fsp3) is 0.583. The quantitative estimate of drug-likeness (QED) is 0.619. The van der Waals surface area contributed by atoms with Crippen LogP contribution < -0.4 is 4.74 Å². The number of benzene rings is 1. The SMILES string of the molecule is Fc1ccc(Cl)c(-c2ccc(O[C@H]3C[C@@H]4CN(CC5CCCCC5)C[C@@H]4C3)nn2)c1. The summed E-state index contributed by atoms with van der Waals surface area (Å²) in [4.78, 5) is 2.71. The van der Waals surface area contributed by atoms with Crippen molar-refractivity contribution in [3.63, 3.8) is 0 Å². The highest BCUT2D eigenvalue weighted by Crippen LogP contribution is 2.40. The monoisotopic (exact) mass is 429 g/mol. The Labute approximate surface area is 182 Å². The highest BCUT2D eigenvalue weighted by Gasteiger charge is 2.42. The number of hydrogen-bond donors (Lipinski definition) is 0. The summed E-state index contributed by atoms with van der Waals surface area (Å²) in [5.41, 5.74) is 1.10. The third-order valence-electron chi connectivity index (χ3n) is 7.16. The molecule has 3 atom stereocenters. The van der Waals surface area contributed by atoms with Gasteiger partial charge in [-0.2, -0.15) is 0 Å². The lowest BCUT2D eigenvalue weighted by Gasteiger charge is -2.27. The zero-order valence-electron chi connectivity index (χ0n) is 17.3. The summed E-state index contributed by atoms with van der Waals surface area (Å²) in [6.45, 7) is 3.75. The van der Waals surface area contributed by atoms with Gasteiger partial charge in [0.1, 0.15) is 11.9 Å². The van der Waals surface area contributed by atoms with Crippen molar-refractivity contribution in [2.24, 2.45) is 17.8 Å². The first-order valence-corrected chi connectivity index (χ1v) is 11.7. The van der Waals surface area contributed by atoms with E-state index in [9.17, 15) is 4.39 Å². The van der Waals surface area contributed by atoms with Crippen molar-refractivity contribution >= 4 is 11.6 Å². The molecule has 0 amide bonds. The van der Waals surface area contributed by atoms with E-state index in [-0.39, 0.29) is 11.9 Å². The molecular weight excluding hydrogens is 401 g/mol. The van der Waals surface area contributed by atoms with Crippen molar-refractivity contribution in [2.75, 3.05) is 19.6 Å². The van der Waals surface area contributed by atoms with Crippen LogP contribution in [0.4, 0.5) is 4.39 Å². The molecule has 160 valence electrons. The van der Waals surface area contributed by atoms with Gasteiger partial charge in [0.15, 0.2) is 0 Å². The number of halogens is 2. The maximum absolute atomic E-state index is 13.5. The van der Waals surface area contributed by atoms with Crippen LogP contribution in [0, 0.1) is 23.6 Å². The zero-order valence-corrected chi connectivity index (χ0v) is 18.0. The molecule has 1 saturated heterocycles. The van der Waals surface area contributed by atoms with E-state index in [1.165, 1.54) is 69.9 Å². The molecule has 0 N–H and O–H groups in total. The molecular formula is C24H29ClFN3O. The molecule has 2 aliphatic carbocycles. The number of ether oxygens (including phenoxy) is 1. The Bertz CT molecular complexity index is 857. The second-order valence-corrected chi connectivity index (χ2v) is 9.74. The number of hydrogen-bond acceptors (Lipinski definition) is 4. The third-order valence-corrected chi connectivity index (χ3v) is 7.49. The molecule has 5 rings (SSSR count). The maximum atomic E-state index is 13.5. The molecule has 0 radical (unpaired) electrons. The summed E-state index contributed by atoms with van der Waals surface area (Å²) in [6.07, 6.45) is 9.55. The second-order valence-electron chi connectivity index (χ2n) is 9.33. The van der Waals surface area contributed by atoms with Gasteiger partial charge in [-0.25, -0.2) is 4.39 Å². The highest BCUT2D eigenvalue weighted by atomic mass is 35.5. The van der Waals surface area contributed by atoms with Crippen LogP contribution in [-0.2, 0) is 0 Å². The lowest BCUT2D eigenvalue weighted by Crippen LogP contribution is -2.30. The van der Waals surface area contributed by atoms with Crippen LogP contribution in [0.15, 0.2) is 30.3 Å². The first-order valence-electron chi connectivity index (χ1n) is 11.3. The number of likely N-dealkylation sites (tertiary alicyclic amines) is 1. The average Bonchev–Trinajstić information content (AvgIpc) is 3.29. The summed E-state index contributed by atoms with van der Waals surface area (Å²) >= 11 is 6.17. The van der Waals surface area contributed by atoms with Crippen molar-refractivity contribution in [3.8, 4) is 17.1 Å². The lowest BCUT2D eigenvalue weighted by atomic mass is 9.89. The van der Waals surface area contributed by atoms with Gasteiger partial charge in [-0.3, -0.25) is 0 Å². The number of aromatic nitrogens is 2. The molecule has 2 aromatic rings. The Hall–Kier alpha value is -1.72. The van der Waals surface area contributed by atoms with Gasteiger partial charge in [-0.05, 0) is 67.7 Å². The first-order chi connectivity index (χ1) is 14.6. The van der Waals surface area contributed by atoms with Crippen molar-refractivity contribution in [1.29, 1.82) is 0 Å². The fourth-order valence-corrected chi connectivity index (χ4v) is 5.93. The largest absolute Gasteiger partial charge is 0.473 e. The van der Waals surface area contributed by atoms with Gasteiger partial charge in [0, 0.05) is 31.3 Å². The molecule has 6 heteroatoms. The highest BCUT2D eigenvalue weighted by molar-refractivity contribution is 6.33. The van der Waals surface area contributed by atoms with Crippen LogP contribution in [0.1, 0.15) is 44.9 Å². The zero-order chi connectivity index (χ0) is 20.5. The van der Waals surface area contributed by atoms with Crippen molar-refractivity contribution in [2.45, 2.75) is 51.0 Å². The maximum Gasteiger partial charge on any atom is 0.233 e. The van der Waals surface area contributed by atoms with Gasteiger partial charge in [-0.1, -0.05) is 30.9 Å². The molecule has 4 nitrogen and oxygen atoms in total. The van der Waals surface area contributed by atoms with Crippen molar-refractivity contribution in [3.05, 3.63) is 41.2 Å². The molecule has 3 fully saturated rings. The van der Waals surface area contributed by atoms with Gasteiger partial charge >= 0.3 is 0 Å².